The smallest absolute Gasteiger partial charge is 0.243 e. The number of nitrogens with one attached hydrogen (secondary N) is 2. The molecule has 162 valence electrons. The molecule has 2 saturated heterocycles. The van der Waals surface area contributed by atoms with Crippen LogP contribution in [0.25, 0.3) is 0 Å². The number of halogens is 1. The van der Waals surface area contributed by atoms with Crippen LogP contribution in [0.2, 0.25) is 0 Å². The Kier molecular flexibility index (Phi) is 9.85. The molecule has 10 heteroatoms. The van der Waals surface area contributed by atoms with Gasteiger partial charge in [-0.15, -0.1) is 24.0 Å². The zero-order chi connectivity index (χ0) is 19.8. The topological polar surface area (TPSA) is 95.0 Å². The molecular formula is C19H32IN7O2. The molecule has 2 N–H and O–H groups in total. The predicted molar refractivity (Wildman–Crippen MR) is 124 cm³/mol. The number of piperidine rings is 1. The Morgan fingerprint density at radius 1 is 1.21 bits per heavy atom. The SMILES string of the molecule is CN(C)C(=O)CN=C(NC1CCOCC1)NC1CCCN(c2ncccn2)C1.I. The Labute approximate surface area is 189 Å². The van der Waals surface area contributed by atoms with Gasteiger partial charge in [0.15, 0.2) is 5.96 Å². The average Bonchev–Trinajstić information content (AvgIpc) is 2.73. The number of nitrogens with zero attached hydrogens (tertiary/aromatic N) is 5. The van der Waals surface area contributed by atoms with Crippen LogP contribution in [0.1, 0.15) is 25.7 Å². The Morgan fingerprint density at radius 3 is 2.59 bits per heavy atom. The number of guanidine groups is 1. The highest BCUT2D eigenvalue weighted by Gasteiger charge is 2.24. The lowest BCUT2D eigenvalue weighted by molar-refractivity contribution is -0.127. The van der Waals surface area contributed by atoms with E-state index in [0.29, 0.717) is 12.0 Å². The predicted octanol–water partition coefficient (Wildman–Crippen LogP) is 0.866. The van der Waals surface area contributed by atoms with Gasteiger partial charge in [-0.1, -0.05) is 0 Å². The second-order valence-corrected chi connectivity index (χ2v) is 7.46. The summed E-state index contributed by atoms with van der Waals surface area (Å²) in [5.74, 6) is 1.44. The molecule has 0 aliphatic carbocycles. The van der Waals surface area contributed by atoms with E-state index < -0.39 is 0 Å². The second-order valence-electron chi connectivity index (χ2n) is 7.46. The second kappa shape index (κ2) is 12.1. The first-order chi connectivity index (χ1) is 13.6. The van der Waals surface area contributed by atoms with E-state index in [0.717, 1.165) is 57.9 Å². The zero-order valence-corrected chi connectivity index (χ0v) is 19.5. The van der Waals surface area contributed by atoms with Crippen molar-refractivity contribution in [3.63, 3.8) is 0 Å². The summed E-state index contributed by atoms with van der Waals surface area (Å²) < 4.78 is 5.44. The van der Waals surface area contributed by atoms with Crippen LogP contribution in [0, 0.1) is 0 Å². The van der Waals surface area contributed by atoms with E-state index in [1.54, 1.807) is 31.4 Å². The average molecular weight is 517 g/mol. The third-order valence-electron chi connectivity index (χ3n) is 5.03. The number of carbonyl (C=O) groups excluding carboxylic acids is 1. The molecule has 0 spiro atoms. The summed E-state index contributed by atoms with van der Waals surface area (Å²) in [7, 11) is 3.49. The summed E-state index contributed by atoms with van der Waals surface area (Å²) >= 11 is 0. The van der Waals surface area contributed by atoms with Gasteiger partial charge in [-0.3, -0.25) is 4.79 Å². The molecule has 0 aromatic carbocycles. The highest BCUT2D eigenvalue weighted by atomic mass is 127. The van der Waals surface area contributed by atoms with Crippen molar-refractivity contribution >= 4 is 41.8 Å². The van der Waals surface area contributed by atoms with Crippen molar-refractivity contribution in [1.82, 2.24) is 25.5 Å². The van der Waals surface area contributed by atoms with Gasteiger partial charge in [0.1, 0.15) is 6.54 Å². The number of aromatic nitrogens is 2. The number of hydrogen-bond acceptors (Lipinski definition) is 6. The van der Waals surface area contributed by atoms with E-state index in [1.807, 2.05) is 6.07 Å². The molecule has 3 heterocycles. The molecule has 2 fully saturated rings. The van der Waals surface area contributed by atoms with Crippen LogP contribution in [-0.4, -0.2) is 85.8 Å². The number of likely N-dealkylation sites (N-methyl/N-ethyl adjacent to an activating group) is 1. The third-order valence-corrected chi connectivity index (χ3v) is 5.03. The largest absolute Gasteiger partial charge is 0.381 e. The lowest BCUT2D eigenvalue weighted by Gasteiger charge is -2.34. The van der Waals surface area contributed by atoms with Crippen LogP contribution in [0.4, 0.5) is 5.95 Å². The molecule has 1 unspecified atom stereocenters. The van der Waals surface area contributed by atoms with Crippen LogP contribution in [0.15, 0.2) is 23.5 Å². The van der Waals surface area contributed by atoms with E-state index in [1.165, 1.54) is 0 Å². The molecule has 2 aliphatic heterocycles. The van der Waals surface area contributed by atoms with Crippen molar-refractivity contribution in [3.8, 4) is 0 Å². The molecule has 29 heavy (non-hydrogen) atoms. The first kappa shape index (κ1) is 23.6. The van der Waals surface area contributed by atoms with E-state index >= 15 is 0 Å². The van der Waals surface area contributed by atoms with Crippen molar-refractivity contribution in [1.29, 1.82) is 0 Å². The van der Waals surface area contributed by atoms with Crippen LogP contribution >= 0.6 is 24.0 Å². The number of rotatable bonds is 5. The van der Waals surface area contributed by atoms with Gasteiger partial charge in [-0.2, -0.15) is 0 Å². The van der Waals surface area contributed by atoms with Crippen molar-refractivity contribution in [2.75, 3.05) is 51.8 Å². The number of carbonyl (C=O) groups is 1. The standard InChI is InChI=1S/C19H31N7O2.HI/c1-25(2)17(27)13-22-18(23-15-6-11-28-12-7-15)24-16-5-3-10-26(14-16)19-20-8-4-9-21-19;/h4,8-9,15-16H,3,5-7,10-14H2,1-2H3,(H2,22,23,24);1H. The fraction of sp³-hybridized carbons (Fsp3) is 0.684. The molecule has 1 aromatic heterocycles. The molecular weight excluding hydrogens is 485 g/mol. The molecule has 9 nitrogen and oxygen atoms in total. The zero-order valence-electron chi connectivity index (χ0n) is 17.2. The maximum absolute atomic E-state index is 12.0. The van der Waals surface area contributed by atoms with Gasteiger partial charge in [0.2, 0.25) is 11.9 Å². The number of aliphatic imine (C=N–C) groups is 1. The van der Waals surface area contributed by atoms with Gasteiger partial charge >= 0.3 is 0 Å². The molecule has 0 bridgehead atoms. The number of hydrogen-bond donors (Lipinski definition) is 2. The fourth-order valence-electron chi connectivity index (χ4n) is 3.38. The monoisotopic (exact) mass is 517 g/mol. The number of amides is 1. The van der Waals surface area contributed by atoms with Gasteiger partial charge in [0.25, 0.3) is 0 Å². The van der Waals surface area contributed by atoms with Gasteiger partial charge in [-0.25, -0.2) is 15.0 Å². The van der Waals surface area contributed by atoms with Gasteiger partial charge < -0.3 is 25.2 Å². The van der Waals surface area contributed by atoms with Crippen molar-refractivity contribution < 1.29 is 9.53 Å². The summed E-state index contributed by atoms with van der Waals surface area (Å²) in [6.07, 6.45) is 7.52. The summed E-state index contributed by atoms with van der Waals surface area (Å²) in [6, 6.07) is 2.36. The number of anilines is 1. The summed E-state index contributed by atoms with van der Waals surface area (Å²) in [5.41, 5.74) is 0. The summed E-state index contributed by atoms with van der Waals surface area (Å²) in [5, 5.41) is 7.02. The molecule has 3 rings (SSSR count). The molecule has 1 aromatic rings. The summed E-state index contributed by atoms with van der Waals surface area (Å²) in [4.78, 5) is 29.0. The Morgan fingerprint density at radius 2 is 1.90 bits per heavy atom. The minimum absolute atomic E-state index is 0. The van der Waals surface area contributed by atoms with Crippen LogP contribution < -0.4 is 15.5 Å². The number of ether oxygens (including phenoxy) is 1. The van der Waals surface area contributed by atoms with Gasteiger partial charge in [0.05, 0.1) is 0 Å². The molecule has 1 atom stereocenters. The van der Waals surface area contributed by atoms with E-state index in [9.17, 15) is 4.79 Å². The van der Waals surface area contributed by atoms with Gasteiger partial charge in [-0.05, 0) is 31.7 Å². The van der Waals surface area contributed by atoms with Crippen LogP contribution in [0.3, 0.4) is 0 Å². The van der Waals surface area contributed by atoms with Crippen molar-refractivity contribution in [3.05, 3.63) is 18.5 Å². The lowest BCUT2D eigenvalue weighted by atomic mass is 10.1. The molecule has 1 amide bonds. The maximum Gasteiger partial charge on any atom is 0.243 e. The summed E-state index contributed by atoms with van der Waals surface area (Å²) in [6.45, 7) is 3.39. The van der Waals surface area contributed by atoms with Crippen LogP contribution in [0.5, 0.6) is 0 Å². The highest BCUT2D eigenvalue weighted by molar-refractivity contribution is 14.0. The van der Waals surface area contributed by atoms with Crippen molar-refractivity contribution in [2.45, 2.75) is 37.8 Å². The normalized spacial score (nSPS) is 20.6. The van der Waals surface area contributed by atoms with Crippen LogP contribution in [-0.2, 0) is 9.53 Å². The van der Waals surface area contributed by atoms with E-state index in [4.69, 9.17) is 4.74 Å². The Bertz CT molecular complexity index is 653. The first-order valence-corrected chi connectivity index (χ1v) is 9.99. The Balaban J connectivity index is 0.00000300. The molecule has 0 radical (unpaired) electrons. The van der Waals surface area contributed by atoms with E-state index in [2.05, 4.69) is 30.5 Å². The Hall–Kier alpha value is -1.69. The van der Waals surface area contributed by atoms with Crippen molar-refractivity contribution in [2.24, 2.45) is 4.99 Å². The third kappa shape index (κ3) is 7.57. The minimum atomic E-state index is -0.0176. The maximum atomic E-state index is 12.0. The minimum Gasteiger partial charge on any atom is -0.381 e. The highest BCUT2D eigenvalue weighted by Crippen LogP contribution is 2.15. The van der Waals surface area contributed by atoms with E-state index in [-0.39, 0.29) is 42.5 Å². The first-order valence-electron chi connectivity index (χ1n) is 9.99. The lowest BCUT2D eigenvalue weighted by Crippen LogP contribution is -2.54. The quantitative estimate of drug-likeness (QED) is 0.340. The molecule has 2 aliphatic rings. The molecule has 0 saturated carbocycles. The fourth-order valence-corrected chi connectivity index (χ4v) is 3.38. The van der Waals surface area contributed by atoms with Gasteiger partial charge in [0, 0.05) is 64.9 Å².